The van der Waals surface area contributed by atoms with Crippen LogP contribution < -0.4 is 0 Å². The van der Waals surface area contributed by atoms with Crippen LogP contribution in [0.4, 0.5) is 4.39 Å². The summed E-state index contributed by atoms with van der Waals surface area (Å²) in [5, 5.41) is 4.24. The maximum Gasteiger partial charge on any atom is 0.123 e. The van der Waals surface area contributed by atoms with Gasteiger partial charge in [0.05, 0.1) is 6.20 Å². The van der Waals surface area contributed by atoms with Crippen LogP contribution in [-0.4, -0.2) is 9.78 Å². The lowest BCUT2D eigenvalue weighted by atomic mass is 10.1. The smallest absolute Gasteiger partial charge is 0.123 e. The van der Waals surface area contributed by atoms with Gasteiger partial charge in [-0.1, -0.05) is 12.1 Å². The summed E-state index contributed by atoms with van der Waals surface area (Å²) in [4.78, 5) is 0. The van der Waals surface area contributed by atoms with Gasteiger partial charge in [-0.05, 0) is 31.5 Å². The third kappa shape index (κ3) is 2.06. The SMILES string of the molecule is CC(C)n1cc(-c2ccc(F)cc2)cn1. The Morgan fingerprint density at radius 3 is 2.33 bits per heavy atom. The number of aromatic nitrogens is 2. The molecule has 0 unspecified atom stereocenters. The van der Waals surface area contributed by atoms with Crippen molar-refractivity contribution < 1.29 is 4.39 Å². The van der Waals surface area contributed by atoms with Crippen molar-refractivity contribution >= 4 is 0 Å². The fourth-order valence-electron chi connectivity index (χ4n) is 1.41. The normalized spacial score (nSPS) is 10.9. The minimum Gasteiger partial charge on any atom is -0.270 e. The van der Waals surface area contributed by atoms with Crippen LogP contribution in [0.25, 0.3) is 11.1 Å². The average molecular weight is 204 g/mol. The molecule has 0 amide bonds. The van der Waals surface area contributed by atoms with Crippen molar-refractivity contribution in [2.75, 3.05) is 0 Å². The first-order chi connectivity index (χ1) is 7.16. The van der Waals surface area contributed by atoms with E-state index in [1.54, 1.807) is 18.3 Å². The molecule has 0 spiro atoms. The van der Waals surface area contributed by atoms with E-state index >= 15 is 0 Å². The minimum absolute atomic E-state index is 0.213. The summed E-state index contributed by atoms with van der Waals surface area (Å²) in [5.74, 6) is -0.213. The Kier molecular flexibility index (Phi) is 2.54. The molecule has 0 saturated heterocycles. The van der Waals surface area contributed by atoms with Gasteiger partial charge in [-0.3, -0.25) is 4.68 Å². The van der Waals surface area contributed by atoms with Gasteiger partial charge in [-0.25, -0.2) is 4.39 Å². The molecule has 1 heterocycles. The molecule has 1 aromatic carbocycles. The van der Waals surface area contributed by atoms with Gasteiger partial charge in [0.2, 0.25) is 0 Å². The molecule has 0 aliphatic heterocycles. The quantitative estimate of drug-likeness (QED) is 0.734. The molecule has 0 saturated carbocycles. The molecule has 0 N–H and O–H groups in total. The summed E-state index contributed by atoms with van der Waals surface area (Å²) in [5.41, 5.74) is 2.01. The second-order valence-corrected chi connectivity index (χ2v) is 3.81. The first-order valence-electron chi connectivity index (χ1n) is 4.97. The third-order valence-electron chi connectivity index (χ3n) is 2.31. The Morgan fingerprint density at radius 1 is 1.13 bits per heavy atom. The van der Waals surface area contributed by atoms with E-state index in [1.807, 2.05) is 10.9 Å². The van der Waals surface area contributed by atoms with Crippen LogP contribution >= 0.6 is 0 Å². The van der Waals surface area contributed by atoms with Crippen molar-refractivity contribution in [3.05, 3.63) is 42.5 Å². The Bertz CT molecular complexity index is 443. The number of hydrogen-bond donors (Lipinski definition) is 0. The highest BCUT2D eigenvalue weighted by Gasteiger charge is 2.03. The van der Waals surface area contributed by atoms with Gasteiger partial charge in [0.15, 0.2) is 0 Å². The summed E-state index contributed by atoms with van der Waals surface area (Å²) in [7, 11) is 0. The van der Waals surface area contributed by atoms with Gasteiger partial charge in [-0.2, -0.15) is 5.10 Å². The van der Waals surface area contributed by atoms with Gasteiger partial charge < -0.3 is 0 Å². The zero-order valence-electron chi connectivity index (χ0n) is 8.81. The second kappa shape index (κ2) is 3.85. The highest BCUT2D eigenvalue weighted by Crippen LogP contribution is 2.19. The van der Waals surface area contributed by atoms with Crippen molar-refractivity contribution in [1.82, 2.24) is 9.78 Å². The van der Waals surface area contributed by atoms with E-state index in [4.69, 9.17) is 0 Å². The van der Waals surface area contributed by atoms with Gasteiger partial charge in [0, 0.05) is 17.8 Å². The molecule has 0 fully saturated rings. The highest BCUT2D eigenvalue weighted by atomic mass is 19.1. The molecule has 0 bridgehead atoms. The summed E-state index contributed by atoms with van der Waals surface area (Å²) < 4.78 is 14.6. The molecule has 2 nitrogen and oxygen atoms in total. The molecule has 0 radical (unpaired) electrons. The maximum atomic E-state index is 12.7. The van der Waals surface area contributed by atoms with Crippen molar-refractivity contribution in [3.63, 3.8) is 0 Å². The largest absolute Gasteiger partial charge is 0.270 e. The van der Waals surface area contributed by atoms with Gasteiger partial charge in [0.25, 0.3) is 0 Å². The number of rotatable bonds is 2. The molecule has 15 heavy (non-hydrogen) atoms. The molecule has 0 aliphatic carbocycles. The van der Waals surface area contributed by atoms with Crippen LogP contribution in [0.5, 0.6) is 0 Å². The van der Waals surface area contributed by atoms with Gasteiger partial charge >= 0.3 is 0 Å². The van der Waals surface area contributed by atoms with Crippen LogP contribution in [0.15, 0.2) is 36.7 Å². The molecule has 2 aromatic rings. The second-order valence-electron chi connectivity index (χ2n) is 3.81. The zero-order valence-corrected chi connectivity index (χ0v) is 8.81. The van der Waals surface area contributed by atoms with Crippen LogP contribution in [-0.2, 0) is 0 Å². The van der Waals surface area contributed by atoms with E-state index in [9.17, 15) is 4.39 Å². The minimum atomic E-state index is -0.213. The summed E-state index contributed by atoms with van der Waals surface area (Å²) in [6.07, 6.45) is 3.77. The predicted molar refractivity (Wildman–Crippen MR) is 58.0 cm³/mol. The van der Waals surface area contributed by atoms with Crippen molar-refractivity contribution in [2.24, 2.45) is 0 Å². The molecular weight excluding hydrogens is 191 g/mol. The summed E-state index contributed by atoms with van der Waals surface area (Å²) in [6, 6.07) is 6.79. The standard InChI is InChI=1S/C12H13FN2/c1-9(2)15-8-11(7-14-15)10-3-5-12(13)6-4-10/h3-9H,1-2H3. The molecule has 1 aromatic heterocycles. The number of benzene rings is 1. The number of halogens is 1. The van der Waals surface area contributed by atoms with Gasteiger partial charge in [-0.15, -0.1) is 0 Å². The van der Waals surface area contributed by atoms with E-state index in [2.05, 4.69) is 18.9 Å². The Morgan fingerprint density at radius 2 is 1.80 bits per heavy atom. The fourth-order valence-corrected chi connectivity index (χ4v) is 1.41. The number of nitrogens with zero attached hydrogens (tertiary/aromatic N) is 2. The van der Waals surface area contributed by atoms with Crippen LogP contribution in [0.2, 0.25) is 0 Å². The van der Waals surface area contributed by atoms with Gasteiger partial charge in [0.1, 0.15) is 5.82 Å². The maximum absolute atomic E-state index is 12.7. The van der Waals surface area contributed by atoms with E-state index in [0.29, 0.717) is 6.04 Å². The number of hydrogen-bond acceptors (Lipinski definition) is 1. The third-order valence-corrected chi connectivity index (χ3v) is 2.31. The van der Waals surface area contributed by atoms with E-state index in [-0.39, 0.29) is 5.82 Å². The van der Waals surface area contributed by atoms with Crippen LogP contribution in [0.3, 0.4) is 0 Å². The Labute approximate surface area is 88.4 Å². The lowest BCUT2D eigenvalue weighted by molar-refractivity contribution is 0.532. The molecule has 0 atom stereocenters. The lowest BCUT2D eigenvalue weighted by Gasteiger charge is -2.03. The summed E-state index contributed by atoms with van der Waals surface area (Å²) in [6.45, 7) is 4.14. The lowest BCUT2D eigenvalue weighted by Crippen LogP contribution is -1.99. The highest BCUT2D eigenvalue weighted by molar-refractivity contribution is 5.61. The first-order valence-corrected chi connectivity index (χ1v) is 4.97. The predicted octanol–water partition coefficient (Wildman–Crippen LogP) is 3.27. The molecule has 2 rings (SSSR count). The van der Waals surface area contributed by atoms with Crippen molar-refractivity contribution in [1.29, 1.82) is 0 Å². The van der Waals surface area contributed by atoms with E-state index in [1.165, 1.54) is 12.1 Å². The topological polar surface area (TPSA) is 17.8 Å². The van der Waals surface area contributed by atoms with Crippen molar-refractivity contribution in [2.45, 2.75) is 19.9 Å². The molecule has 78 valence electrons. The Balaban J connectivity index is 2.33. The summed E-state index contributed by atoms with van der Waals surface area (Å²) >= 11 is 0. The Hall–Kier alpha value is -1.64. The molecule has 3 heteroatoms. The zero-order chi connectivity index (χ0) is 10.8. The van der Waals surface area contributed by atoms with Crippen molar-refractivity contribution in [3.8, 4) is 11.1 Å². The van der Waals surface area contributed by atoms with E-state index < -0.39 is 0 Å². The fraction of sp³-hybridized carbons (Fsp3) is 0.250. The van der Waals surface area contributed by atoms with Crippen LogP contribution in [0.1, 0.15) is 19.9 Å². The molecule has 0 aliphatic rings. The monoisotopic (exact) mass is 204 g/mol. The first kappa shape index (κ1) is 9.90. The van der Waals surface area contributed by atoms with E-state index in [0.717, 1.165) is 11.1 Å². The van der Waals surface area contributed by atoms with Crippen LogP contribution in [0, 0.1) is 5.82 Å². The average Bonchev–Trinajstić information content (AvgIpc) is 2.68. The molecular formula is C12H13FN2.